The van der Waals surface area contributed by atoms with E-state index in [1.165, 1.54) is 6.42 Å². The Morgan fingerprint density at radius 2 is 1.60 bits per heavy atom. The minimum atomic E-state index is 0.00458. The van der Waals surface area contributed by atoms with Gasteiger partial charge in [-0.1, -0.05) is 26.7 Å². The highest BCUT2D eigenvalue weighted by Crippen LogP contribution is 1.90. The van der Waals surface area contributed by atoms with Crippen LogP contribution >= 0.6 is 0 Å². The summed E-state index contributed by atoms with van der Waals surface area (Å²) < 4.78 is 0. The molecule has 0 aromatic rings. The SMILES string of the molecule is CCCCNC(=O)/C=C(\C)NCCCC. The minimum absolute atomic E-state index is 0.00458. The zero-order chi connectivity index (χ0) is 11.5. The number of allylic oxidation sites excluding steroid dienone is 1. The fraction of sp³-hybridized carbons (Fsp3) is 0.750. The molecule has 0 rings (SSSR count). The van der Waals surface area contributed by atoms with Crippen molar-refractivity contribution in [1.29, 1.82) is 0 Å². The van der Waals surface area contributed by atoms with Crippen molar-refractivity contribution < 1.29 is 4.79 Å². The smallest absolute Gasteiger partial charge is 0.245 e. The van der Waals surface area contributed by atoms with Crippen LogP contribution in [-0.2, 0) is 4.79 Å². The number of amides is 1. The Kier molecular flexibility index (Phi) is 8.93. The number of rotatable bonds is 8. The van der Waals surface area contributed by atoms with Gasteiger partial charge in [-0.25, -0.2) is 0 Å². The van der Waals surface area contributed by atoms with Crippen molar-refractivity contribution in [3.8, 4) is 0 Å². The monoisotopic (exact) mass is 212 g/mol. The van der Waals surface area contributed by atoms with E-state index in [0.717, 1.165) is 38.0 Å². The second-order valence-corrected chi connectivity index (χ2v) is 3.75. The summed E-state index contributed by atoms with van der Waals surface area (Å²) >= 11 is 0. The van der Waals surface area contributed by atoms with E-state index in [-0.39, 0.29) is 5.91 Å². The number of unbranched alkanes of at least 4 members (excludes halogenated alkanes) is 2. The van der Waals surface area contributed by atoms with E-state index in [0.29, 0.717) is 0 Å². The van der Waals surface area contributed by atoms with E-state index in [9.17, 15) is 4.79 Å². The van der Waals surface area contributed by atoms with Crippen molar-refractivity contribution in [1.82, 2.24) is 10.6 Å². The molecule has 0 aliphatic carbocycles. The number of carbonyl (C=O) groups is 1. The first-order valence-corrected chi connectivity index (χ1v) is 5.90. The fourth-order valence-corrected chi connectivity index (χ4v) is 1.15. The fourth-order valence-electron chi connectivity index (χ4n) is 1.15. The van der Waals surface area contributed by atoms with Crippen molar-refractivity contribution >= 4 is 5.91 Å². The molecule has 2 N–H and O–H groups in total. The number of carbonyl (C=O) groups excluding carboxylic acids is 1. The first-order chi connectivity index (χ1) is 7.20. The molecule has 0 heterocycles. The number of hydrogen-bond acceptors (Lipinski definition) is 2. The summed E-state index contributed by atoms with van der Waals surface area (Å²) in [4.78, 5) is 11.3. The molecule has 0 aliphatic heterocycles. The van der Waals surface area contributed by atoms with Gasteiger partial charge in [0.25, 0.3) is 0 Å². The van der Waals surface area contributed by atoms with Crippen LogP contribution in [0.25, 0.3) is 0 Å². The second-order valence-electron chi connectivity index (χ2n) is 3.75. The van der Waals surface area contributed by atoms with Gasteiger partial charge < -0.3 is 10.6 Å². The van der Waals surface area contributed by atoms with Crippen molar-refractivity contribution in [3.05, 3.63) is 11.8 Å². The van der Waals surface area contributed by atoms with Crippen LogP contribution in [-0.4, -0.2) is 19.0 Å². The maximum atomic E-state index is 11.3. The molecular weight excluding hydrogens is 188 g/mol. The summed E-state index contributed by atoms with van der Waals surface area (Å²) in [5, 5.41) is 6.05. The van der Waals surface area contributed by atoms with Gasteiger partial charge in [-0.05, 0) is 19.8 Å². The summed E-state index contributed by atoms with van der Waals surface area (Å²) in [5.41, 5.74) is 0.942. The molecule has 15 heavy (non-hydrogen) atoms. The predicted octanol–water partition coefficient (Wildman–Crippen LogP) is 2.20. The van der Waals surface area contributed by atoms with Crippen LogP contribution in [0.3, 0.4) is 0 Å². The van der Waals surface area contributed by atoms with Crippen LogP contribution in [0.2, 0.25) is 0 Å². The topological polar surface area (TPSA) is 41.1 Å². The normalized spacial score (nSPS) is 11.3. The molecule has 0 atom stereocenters. The van der Waals surface area contributed by atoms with E-state index < -0.39 is 0 Å². The summed E-state index contributed by atoms with van der Waals surface area (Å²) in [6.45, 7) is 7.90. The van der Waals surface area contributed by atoms with Gasteiger partial charge in [0.05, 0.1) is 0 Å². The second kappa shape index (κ2) is 9.56. The predicted molar refractivity (Wildman–Crippen MR) is 64.6 cm³/mol. The van der Waals surface area contributed by atoms with E-state index in [1.807, 2.05) is 6.92 Å². The molecule has 0 unspecified atom stereocenters. The lowest BCUT2D eigenvalue weighted by Gasteiger charge is -2.05. The van der Waals surface area contributed by atoms with E-state index >= 15 is 0 Å². The largest absolute Gasteiger partial charge is 0.388 e. The van der Waals surface area contributed by atoms with Gasteiger partial charge in [-0.3, -0.25) is 4.79 Å². The lowest BCUT2D eigenvalue weighted by Crippen LogP contribution is -2.24. The van der Waals surface area contributed by atoms with Gasteiger partial charge in [0, 0.05) is 24.9 Å². The Bertz CT molecular complexity index is 200. The van der Waals surface area contributed by atoms with E-state index in [1.54, 1.807) is 6.08 Å². The summed E-state index contributed by atoms with van der Waals surface area (Å²) in [7, 11) is 0. The molecule has 0 aliphatic rings. The van der Waals surface area contributed by atoms with Crippen LogP contribution in [0, 0.1) is 0 Å². The first-order valence-electron chi connectivity index (χ1n) is 5.90. The van der Waals surface area contributed by atoms with Crippen molar-refractivity contribution in [3.63, 3.8) is 0 Å². The zero-order valence-corrected chi connectivity index (χ0v) is 10.2. The maximum absolute atomic E-state index is 11.3. The van der Waals surface area contributed by atoms with Crippen LogP contribution in [0.15, 0.2) is 11.8 Å². The highest BCUT2D eigenvalue weighted by molar-refractivity contribution is 5.87. The molecule has 88 valence electrons. The molecule has 3 heteroatoms. The molecule has 0 bridgehead atoms. The summed E-state index contributed by atoms with van der Waals surface area (Å²) in [6, 6.07) is 0. The molecule has 3 nitrogen and oxygen atoms in total. The Labute approximate surface area is 93.3 Å². The van der Waals surface area contributed by atoms with Crippen LogP contribution < -0.4 is 10.6 Å². The first kappa shape index (κ1) is 14.0. The molecule has 0 aromatic carbocycles. The van der Waals surface area contributed by atoms with E-state index in [2.05, 4.69) is 24.5 Å². The third-order valence-corrected chi connectivity index (χ3v) is 2.11. The Hall–Kier alpha value is -0.990. The molecule has 0 radical (unpaired) electrons. The summed E-state index contributed by atoms with van der Waals surface area (Å²) in [5.74, 6) is 0.00458. The third kappa shape index (κ3) is 9.32. The van der Waals surface area contributed by atoms with Crippen molar-refractivity contribution in [2.24, 2.45) is 0 Å². The average Bonchev–Trinajstić information content (AvgIpc) is 2.18. The maximum Gasteiger partial charge on any atom is 0.245 e. The van der Waals surface area contributed by atoms with Gasteiger partial charge >= 0.3 is 0 Å². The van der Waals surface area contributed by atoms with Crippen molar-refractivity contribution in [2.75, 3.05) is 13.1 Å². The highest BCUT2D eigenvalue weighted by atomic mass is 16.1. The quantitative estimate of drug-likeness (QED) is 0.478. The molecule has 0 fully saturated rings. The molecule has 1 amide bonds. The lowest BCUT2D eigenvalue weighted by molar-refractivity contribution is -0.116. The summed E-state index contributed by atoms with van der Waals surface area (Å²) in [6.07, 6.45) is 6.09. The average molecular weight is 212 g/mol. The third-order valence-electron chi connectivity index (χ3n) is 2.11. The number of hydrogen-bond donors (Lipinski definition) is 2. The Morgan fingerprint density at radius 1 is 1.07 bits per heavy atom. The van der Waals surface area contributed by atoms with Gasteiger partial charge in [-0.2, -0.15) is 0 Å². The Balaban J connectivity index is 3.65. The standard InChI is InChI=1S/C12H24N2O/c1-4-6-8-13-11(3)10-12(15)14-9-7-5-2/h10,13H,4-9H2,1-3H3,(H,14,15)/b11-10+. The van der Waals surface area contributed by atoms with E-state index in [4.69, 9.17) is 0 Å². The molecule has 0 saturated carbocycles. The van der Waals surface area contributed by atoms with Gasteiger partial charge in [0.2, 0.25) is 5.91 Å². The molecular formula is C12H24N2O. The minimum Gasteiger partial charge on any atom is -0.388 e. The van der Waals surface area contributed by atoms with Gasteiger partial charge in [0.15, 0.2) is 0 Å². The zero-order valence-electron chi connectivity index (χ0n) is 10.2. The van der Waals surface area contributed by atoms with Gasteiger partial charge in [0.1, 0.15) is 0 Å². The van der Waals surface area contributed by atoms with Crippen LogP contribution in [0.5, 0.6) is 0 Å². The van der Waals surface area contributed by atoms with Crippen molar-refractivity contribution in [2.45, 2.75) is 46.5 Å². The highest BCUT2D eigenvalue weighted by Gasteiger charge is 1.96. The van der Waals surface area contributed by atoms with Crippen LogP contribution in [0.4, 0.5) is 0 Å². The molecule has 0 saturated heterocycles. The lowest BCUT2D eigenvalue weighted by atomic mass is 10.3. The Morgan fingerprint density at radius 3 is 2.13 bits per heavy atom. The molecule has 0 aromatic heterocycles. The van der Waals surface area contributed by atoms with Crippen LogP contribution in [0.1, 0.15) is 46.5 Å². The molecule has 0 spiro atoms. The van der Waals surface area contributed by atoms with Gasteiger partial charge in [-0.15, -0.1) is 0 Å². The number of nitrogens with one attached hydrogen (secondary N) is 2.